The van der Waals surface area contributed by atoms with E-state index < -0.39 is 0 Å². The smallest absolute Gasteiger partial charge is 0.259 e. The number of nitrogens with zero attached hydrogens (tertiary/aromatic N) is 4. The van der Waals surface area contributed by atoms with E-state index >= 15 is 0 Å². The van der Waals surface area contributed by atoms with Crippen molar-refractivity contribution in [2.75, 3.05) is 5.32 Å². The molecule has 7 rings (SSSR count). The Labute approximate surface area is 189 Å². The van der Waals surface area contributed by atoms with Gasteiger partial charge in [-0.05, 0) is 82.3 Å². The van der Waals surface area contributed by atoms with Gasteiger partial charge in [0.15, 0.2) is 0 Å². The van der Waals surface area contributed by atoms with Crippen LogP contribution in [-0.4, -0.2) is 25.5 Å². The molecule has 1 N–H and O–H groups in total. The molecular weight excluding hydrogens is 398 g/mol. The maximum Gasteiger partial charge on any atom is 0.259 e. The minimum Gasteiger partial charge on any atom is -0.319 e. The number of benzene rings is 1. The van der Waals surface area contributed by atoms with Crippen molar-refractivity contribution in [3.63, 3.8) is 0 Å². The van der Waals surface area contributed by atoms with E-state index in [0.717, 1.165) is 52.6 Å². The van der Waals surface area contributed by atoms with E-state index in [9.17, 15) is 4.79 Å². The fourth-order valence-electron chi connectivity index (χ4n) is 7.12. The van der Waals surface area contributed by atoms with Crippen LogP contribution in [0.15, 0.2) is 42.7 Å². The molecule has 2 heterocycles. The lowest BCUT2D eigenvalue weighted by Gasteiger charge is -2.56. The van der Waals surface area contributed by atoms with Crippen LogP contribution in [0.1, 0.15) is 67.2 Å². The highest BCUT2D eigenvalue weighted by molar-refractivity contribution is 6.05. The van der Waals surface area contributed by atoms with Gasteiger partial charge in [-0.1, -0.05) is 18.2 Å². The number of carbonyl (C=O) groups excluding carboxylic acids is 1. The van der Waals surface area contributed by atoms with Gasteiger partial charge in [0, 0.05) is 18.2 Å². The van der Waals surface area contributed by atoms with Crippen LogP contribution in [0.3, 0.4) is 0 Å². The van der Waals surface area contributed by atoms with Gasteiger partial charge in [-0.2, -0.15) is 10.2 Å². The summed E-state index contributed by atoms with van der Waals surface area (Å²) in [4.78, 5) is 13.6. The molecule has 4 bridgehead atoms. The predicted molar refractivity (Wildman–Crippen MR) is 124 cm³/mol. The first-order valence-electron chi connectivity index (χ1n) is 12.0. The number of carbonyl (C=O) groups is 1. The van der Waals surface area contributed by atoms with Crippen molar-refractivity contribution in [1.29, 1.82) is 0 Å². The lowest BCUT2D eigenvalue weighted by molar-refractivity contribution is -0.00765. The van der Waals surface area contributed by atoms with E-state index in [0.29, 0.717) is 0 Å². The summed E-state index contributed by atoms with van der Waals surface area (Å²) >= 11 is 0. The van der Waals surface area contributed by atoms with Gasteiger partial charge in [-0.3, -0.25) is 9.48 Å². The molecule has 2 aromatic heterocycles. The minimum absolute atomic E-state index is 0.0457. The Morgan fingerprint density at radius 1 is 1.09 bits per heavy atom. The largest absolute Gasteiger partial charge is 0.319 e. The number of hydrogen-bond donors (Lipinski definition) is 1. The third kappa shape index (κ3) is 3.11. The molecule has 1 amide bonds. The Morgan fingerprint density at radius 3 is 2.34 bits per heavy atom. The highest BCUT2D eigenvalue weighted by Gasteiger charge is 2.53. The highest BCUT2D eigenvalue weighted by atomic mass is 16.1. The zero-order valence-electron chi connectivity index (χ0n) is 18.9. The van der Waals surface area contributed by atoms with Gasteiger partial charge in [0.1, 0.15) is 0 Å². The molecule has 0 radical (unpaired) electrons. The van der Waals surface area contributed by atoms with Crippen LogP contribution in [0.5, 0.6) is 0 Å². The Balaban J connectivity index is 1.42. The summed E-state index contributed by atoms with van der Waals surface area (Å²) in [5, 5.41) is 12.6. The number of anilines is 1. The lowest BCUT2D eigenvalue weighted by atomic mass is 9.48. The van der Waals surface area contributed by atoms with Crippen LogP contribution < -0.4 is 5.32 Å². The molecule has 0 atom stereocenters. The molecule has 32 heavy (non-hydrogen) atoms. The lowest BCUT2D eigenvalue weighted by Crippen LogP contribution is -2.49. The summed E-state index contributed by atoms with van der Waals surface area (Å²) in [5.41, 5.74) is 4.53. The van der Waals surface area contributed by atoms with Crippen molar-refractivity contribution in [3.8, 4) is 5.69 Å². The molecule has 4 aliphatic carbocycles. The molecule has 0 aliphatic heterocycles. The standard InChI is InChI=1S/C26H31N5O/c1-3-30-17(2)23(15-27-30)28-25(32)22-16-31(21-7-5-4-6-8-21)29-24(22)26-12-18-9-19(13-26)11-20(10-18)14-26/h4-8,15-16,18-20H,3,9-14H2,1-2H3,(H,28,32). The van der Waals surface area contributed by atoms with E-state index in [1.807, 2.05) is 52.8 Å². The molecule has 3 aromatic rings. The van der Waals surface area contributed by atoms with Crippen LogP contribution in [0.25, 0.3) is 5.69 Å². The van der Waals surface area contributed by atoms with Gasteiger partial charge < -0.3 is 5.32 Å². The zero-order valence-corrected chi connectivity index (χ0v) is 18.9. The van der Waals surface area contributed by atoms with Crippen LogP contribution in [-0.2, 0) is 12.0 Å². The van der Waals surface area contributed by atoms with Crippen molar-refractivity contribution in [2.45, 2.75) is 64.3 Å². The second-order valence-electron chi connectivity index (χ2n) is 10.3. The summed E-state index contributed by atoms with van der Waals surface area (Å²) in [7, 11) is 0. The second kappa shape index (κ2) is 7.32. The number of rotatable bonds is 5. The highest BCUT2D eigenvalue weighted by Crippen LogP contribution is 2.60. The fraction of sp³-hybridized carbons (Fsp3) is 0.500. The minimum atomic E-state index is -0.0725. The van der Waals surface area contributed by atoms with Crippen LogP contribution in [0, 0.1) is 24.7 Å². The van der Waals surface area contributed by atoms with Gasteiger partial charge in [0.05, 0.1) is 34.5 Å². The van der Waals surface area contributed by atoms with Gasteiger partial charge in [-0.25, -0.2) is 4.68 Å². The number of amides is 1. The van der Waals surface area contributed by atoms with Gasteiger partial charge >= 0.3 is 0 Å². The number of aryl methyl sites for hydroxylation is 1. The predicted octanol–water partition coefficient (Wildman–Crippen LogP) is 5.12. The molecule has 0 unspecified atom stereocenters. The van der Waals surface area contributed by atoms with Crippen molar-refractivity contribution >= 4 is 11.6 Å². The monoisotopic (exact) mass is 429 g/mol. The maximum atomic E-state index is 13.6. The molecule has 6 heteroatoms. The molecule has 166 valence electrons. The molecule has 4 aliphatic rings. The Bertz CT molecular complexity index is 1120. The average Bonchev–Trinajstić information content (AvgIpc) is 3.38. The topological polar surface area (TPSA) is 64.7 Å². The molecule has 0 saturated heterocycles. The Hall–Kier alpha value is -2.89. The Kier molecular flexibility index (Phi) is 4.52. The number of aromatic nitrogens is 4. The van der Waals surface area contributed by atoms with Crippen LogP contribution >= 0.6 is 0 Å². The summed E-state index contributed by atoms with van der Waals surface area (Å²) in [5.74, 6) is 2.31. The van der Waals surface area contributed by atoms with Crippen molar-refractivity contribution in [1.82, 2.24) is 19.6 Å². The molecule has 4 fully saturated rings. The molecule has 1 aromatic carbocycles. The van der Waals surface area contributed by atoms with Crippen molar-refractivity contribution in [2.24, 2.45) is 17.8 Å². The first-order chi connectivity index (χ1) is 15.5. The van der Waals surface area contributed by atoms with E-state index in [2.05, 4.69) is 17.3 Å². The second-order valence-corrected chi connectivity index (χ2v) is 10.3. The Morgan fingerprint density at radius 2 is 1.75 bits per heavy atom. The van der Waals surface area contributed by atoms with E-state index in [4.69, 9.17) is 5.10 Å². The first-order valence-corrected chi connectivity index (χ1v) is 12.0. The third-order valence-corrected chi connectivity index (χ3v) is 8.17. The summed E-state index contributed by atoms with van der Waals surface area (Å²) in [6.07, 6.45) is 11.3. The normalized spacial score (nSPS) is 28.2. The third-order valence-electron chi connectivity index (χ3n) is 8.17. The van der Waals surface area contributed by atoms with E-state index in [1.165, 1.54) is 38.5 Å². The SMILES string of the molecule is CCn1ncc(NC(=O)c2cn(-c3ccccc3)nc2C23CC4CC(CC(C4)C2)C3)c1C. The molecule has 6 nitrogen and oxygen atoms in total. The van der Waals surface area contributed by atoms with Crippen LogP contribution in [0.4, 0.5) is 5.69 Å². The average molecular weight is 430 g/mol. The van der Waals surface area contributed by atoms with E-state index in [1.54, 1.807) is 6.20 Å². The number of hydrogen-bond acceptors (Lipinski definition) is 3. The summed E-state index contributed by atoms with van der Waals surface area (Å²) in [6.45, 7) is 4.84. The quantitative estimate of drug-likeness (QED) is 0.612. The molecule has 0 spiro atoms. The van der Waals surface area contributed by atoms with Crippen molar-refractivity contribution < 1.29 is 4.79 Å². The summed E-state index contributed by atoms with van der Waals surface area (Å²) in [6, 6.07) is 10.1. The van der Waals surface area contributed by atoms with Gasteiger partial charge in [0.25, 0.3) is 5.91 Å². The molecular formula is C26H31N5O. The molecule has 4 saturated carbocycles. The van der Waals surface area contributed by atoms with Gasteiger partial charge in [-0.15, -0.1) is 0 Å². The fourth-order valence-corrected chi connectivity index (χ4v) is 7.12. The number of para-hydroxylation sites is 1. The van der Waals surface area contributed by atoms with Crippen molar-refractivity contribution in [3.05, 3.63) is 59.7 Å². The number of nitrogens with one attached hydrogen (secondary N) is 1. The zero-order chi connectivity index (χ0) is 21.9. The van der Waals surface area contributed by atoms with E-state index in [-0.39, 0.29) is 11.3 Å². The maximum absolute atomic E-state index is 13.6. The summed E-state index contributed by atoms with van der Waals surface area (Å²) < 4.78 is 3.81. The first kappa shape index (κ1) is 19.8. The van der Waals surface area contributed by atoms with Gasteiger partial charge in [0.2, 0.25) is 0 Å². The van der Waals surface area contributed by atoms with Crippen LogP contribution in [0.2, 0.25) is 0 Å².